The van der Waals surface area contributed by atoms with Crippen LogP contribution in [0.5, 0.6) is 0 Å². The van der Waals surface area contributed by atoms with Crippen molar-refractivity contribution in [3.05, 3.63) is 51.2 Å². The zero-order chi connectivity index (χ0) is 14.3. The third kappa shape index (κ3) is 2.09. The number of fused-ring (bicyclic) bond motifs is 1. The summed E-state index contributed by atoms with van der Waals surface area (Å²) in [5, 5.41) is 0. The smallest absolute Gasteiger partial charge is 0.269 e. The SMILES string of the molecule is NC(=O)[C@@H]1Cc2ccccc2N1C(=O)c1ccc(Cl)s1. The van der Waals surface area contributed by atoms with Crippen molar-refractivity contribution in [1.82, 2.24) is 0 Å². The number of thiophene rings is 1. The second-order valence-corrected chi connectivity index (χ2v) is 6.25. The van der Waals surface area contributed by atoms with Crippen molar-refractivity contribution in [2.45, 2.75) is 12.5 Å². The summed E-state index contributed by atoms with van der Waals surface area (Å²) in [4.78, 5) is 26.2. The molecule has 0 unspecified atom stereocenters. The van der Waals surface area contributed by atoms with E-state index in [0.717, 1.165) is 11.3 Å². The zero-order valence-electron chi connectivity index (χ0n) is 10.4. The molecule has 1 aliphatic heterocycles. The van der Waals surface area contributed by atoms with E-state index in [2.05, 4.69) is 0 Å². The minimum atomic E-state index is -0.638. The molecule has 1 aliphatic rings. The lowest BCUT2D eigenvalue weighted by Crippen LogP contribution is -2.45. The standard InChI is InChI=1S/C14H11ClN2O2S/c15-12-6-5-11(20-12)14(19)17-9-4-2-1-3-8(9)7-10(17)13(16)18/h1-6,10H,7H2,(H2,16,18)/t10-/m0/s1. The molecule has 1 atom stereocenters. The molecular formula is C14H11ClN2O2S. The molecule has 1 aromatic carbocycles. The molecule has 0 bridgehead atoms. The number of hydrogen-bond acceptors (Lipinski definition) is 3. The van der Waals surface area contributed by atoms with E-state index in [1.165, 1.54) is 16.2 Å². The number of amides is 2. The number of benzene rings is 1. The van der Waals surface area contributed by atoms with Crippen LogP contribution in [0, 0.1) is 0 Å². The molecule has 2 aromatic rings. The number of anilines is 1. The van der Waals surface area contributed by atoms with Crippen LogP contribution in [0.2, 0.25) is 4.34 Å². The lowest BCUT2D eigenvalue weighted by atomic mass is 10.1. The Balaban J connectivity index is 2.04. The van der Waals surface area contributed by atoms with Gasteiger partial charge in [-0.05, 0) is 23.8 Å². The predicted molar refractivity (Wildman–Crippen MR) is 79.3 cm³/mol. The monoisotopic (exact) mass is 306 g/mol. The third-order valence-corrected chi connectivity index (χ3v) is 4.53. The van der Waals surface area contributed by atoms with Crippen LogP contribution in [0.15, 0.2) is 36.4 Å². The Hall–Kier alpha value is -1.85. The van der Waals surface area contributed by atoms with Crippen LogP contribution in [0.1, 0.15) is 15.2 Å². The predicted octanol–water partition coefficient (Wildman–Crippen LogP) is 2.46. The van der Waals surface area contributed by atoms with Gasteiger partial charge in [0.05, 0.1) is 9.21 Å². The number of nitrogens with zero attached hydrogens (tertiary/aromatic N) is 1. The van der Waals surface area contributed by atoms with Gasteiger partial charge in [-0.25, -0.2) is 0 Å². The molecule has 3 rings (SSSR count). The molecule has 0 radical (unpaired) electrons. The van der Waals surface area contributed by atoms with E-state index in [-0.39, 0.29) is 5.91 Å². The highest BCUT2D eigenvalue weighted by molar-refractivity contribution is 7.18. The molecule has 102 valence electrons. The summed E-state index contributed by atoms with van der Waals surface area (Å²) in [6.07, 6.45) is 0.455. The number of rotatable bonds is 2. The van der Waals surface area contributed by atoms with Crippen LogP contribution in [0.4, 0.5) is 5.69 Å². The highest BCUT2D eigenvalue weighted by Gasteiger charge is 2.37. The fourth-order valence-corrected chi connectivity index (χ4v) is 3.39. The van der Waals surface area contributed by atoms with Gasteiger partial charge in [0.15, 0.2) is 0 Å². The highest BCUT2D eigenvalue weighted by atomic mass is 35.5. The Bertz CT molecular complexity index is 698. The van der Waals surface area contributed by atoms with Gasteiger partial charge in [-0.2, -0.15) is 0 Å². The molecule has 2 amide bonds. The first-order valence-electron chi connectivity index (χ1n) is 6.04. The fourth-order valence-electron chi connectivity index (χ4n) is 2.41. The van der Waals surface area contributed by atoms with E-state index in [9.17, 15) is 9.59 Å². The first-order valence-corrected chi connectivity index (χ1v) is 7.23. The third-order valence-electron chi connectivity index (χ3n) is 3.31. The Morgan fingerprint density at radius 1 is 1.25 bits per heavy atom. The number of halogens is 1. The number of para-hydroxylation sites is 1. The molecule has 0 saturated carbocycles. The molecule has 0 aliphatic carbocycles. The second-order valence-electron chi connectivity index (χ2n) is 4.53. The summed E-state index contributed by atoms with van der Waals surface area (Å²) in [5.74, 6) is -0.743. The van der Waals surface area contributed by atoms with Gasteiger partial charge in [0.1, 0.15) is 6.04 Å². The maximum atomic E-state index is 12.6. The highest BCUT2D eigenvalue weighted by Crippen LogP contribution is 2.34. The quantitative estimate of drug-likeness (QED) is 0.926. The Kier molecular flexibility index (Phi) is 3.23. The Morgan fingerprint density at radius 3 is 2.65 bits per heavy atom. The maximum Gasteiger partial charge on any atom is 0.269 e. The number of carbonyl (C=O) groups excluding carboxylic acids is 2. The summed E-state index contributed by atoms with van der Waals surface area (Å²) >= 11 is 7.06. The largest absolute Gasteiger partial charge is 0.368 e. The van der Waals surface area contributed by atoms with Crippen LogP contribution in [-0.4, -0.2) is 17.9 Å². The lowest BCUT2D eigenvalue weighted by molar-refractivity contribution is -0.119. The van der Waals surface area contributed by atoms with Crippen molar-refractivity contribution in [3.8, 4) is 0 Å². The van der Waals surface area contributed by atoms with Crippen molar-refractivity contribution in [2.75, 3.05) is 4.90 Å². The molecule has 2 heterocycles. The van der Waals surface area contributed by atoms with Gasteiger partial charge in [-0.1, -0.05) is 29.8 Å². The van der Waals surface area contributed by atoms with Crippen molar-refractivity contribution in [1.29, 1.82) is 0 Å². The summed E-state index contributed by atoms with van der Waals surface area (Å²) < 4.78 is 0.538. The molecule has 4 nitrogen and oxygen atoms in total. The van der Waals surface area contributed by atoms with Crippen LogP contribution >= 0.6 is 22.9 Å². The topological polar surface area (TPSA) is 63.4 Å². The van der Waals surface area contributed by atoms with Crippen molar-refractivity contribution < 1.29 is 9.59 Å². The van der Waals surface area contributed by atoms with Crippen molar-refractivity contribution >= 4 is 40.4 Å². The summed E-state index contributed by atoms with van der Waals surface area (Å²) in [6, 6.07) is 10.1. The fraction of sp³-hybridized carbons (Fsp3) is 0.143. The van der Waals surface area contributed by atoms with Crippen LogP contribution in [0.25, 0.3) is 0 Å². The first kappa shape index (κ1) is 13.1. The normalized spacial score (nSPS) is 17.1. The molecular weight excluding hydrogens is 296 g/mol. The van der Waals surface area contributed by atoms with Crippen LogP contribution < -0.4 is 10.6 Å². The van der Waals surface area contributed by atoms with Crippen LogP contribution in [-0.2, 0) is 11.2 Å². The van der Waals surface area contributed by atoms with E-state index < -0.39 is 11.9 Å². The van der Waals surface area contributed by atoms with Gasteiger partial charge in [0.25, 0.3) is 5.91 Å². The molecule has 6 heteroatoms. The summed E-state index contributed by atoms with van der Waals surface area (Å²) in [7, 11) is 0. The number of hydrogen-bond donors (Lipinski definition) is 1. The Morgan fingerprint density at radius 2 is 2.00 bits per heavy atom. The van der Waals surface area contributed by atoms with E-state index >= 15 is 0 Å². The number of nitrogens with two attached hydrogens (primary N) is 1. The lowest BCUT2D eigenvalue weighted by Gasteiger charge is -2.22. The van der Waals surface area contributed by atoms with Crippen molar-refractivity contribution in [2.24, 2.45) is 5.73 Å². The molecule has 0 fully saturated rings. The van der Waals surface area contributed by atoms with E-state index in [0.29, 0.717) is 15.6 Å². The minimum Gasteiger partial charge on any atom is -0.368 e. The Labute approximate surface area is 124 Å². The molecule has 0 spiro atoms. The molecule has 20 heavy (non-hydrogen) atoms. The van der Waals surface area contributed by atoms with E-state index in [1.54, 1.807) is 12.1 Å². The molecule has 2 N–H and O–H groups in total. The number of carbonyl (C=O) groups is 2. The van der Waals surface area contributed by atoms with Crippen LogP contribution in [0.3, 0.4) is 0 Å². The average Bonchev–Trinajstić information content (AvgIpc) is 3.01. The van der Waals surface area contributed by atoms with Gasteiger partial charge in [0.2, 0.25) is 5.91 Å². The molecule has 0 saturated heterocycles. The summed E-state index contributed by atoms with van der Waals surface area (Å²) in [5.41, 5.74) is 7.13. The molecule has 1 aromatic heterocycles. The zero-order valence-corrected chi connectivity index (χ0v) is 11.9. The maximum absolute atomic E-state index is 12.6. The first-order chi connectivity index (χ1) is 9.58. The van der Waals surface area contributed by atoms with Crippen molar-refractivity contribution in [3.63, 3.8) is 0 Å². The van der Waals surface area contributed by atoms with E-state index in [1.807, 2.05) is 24.3 Å². The summed E-state index contributed by atoms with van der Waals surface area (Å²) in [6.45, 7) is 0. The van der Waals surface area contributed by atoms with Gasteiger partial charge in [0, 0.05) is 12.1 Å². The van der Waals surface area contributed by atoms with E-state index in [4.69, 9.17) is 17.3 Å². The van der Waals surface area contributed by atoms with Gasteiger partial charge in [-0.3, -0.25) is 14.5 Å². The minimum absolute atomic E-state index is 0.240. The number of primary amides is 1. The van der Waals surface area contributed by atoms with Gasteiger partial charge < -0.3 is 5.73 Å². The second kappa shape index (κ2) is 4.92. The van der Waals surface area contributed by atoms with Gasteiger partial charge >= 0.3 is 0 Å². The van der Waals surface area contributed by atoms with Gasteiger partial charge in [-0.15, -0.1) is 11.3 Å². The average molecular weight is 307 g/mol.